The molecule has 0 unspecified atom stereocenters. The van der Waals surface area contributed by atoms with Gasteiger partial charge in [0.2, 0.25) is 0 Å². The van der Waals surface area contributed by atoms with Crippen LogP contribution in [0.5, 0.6) is 0 Å². The molecule has 27 heavy (non-hydrogen) atoms. The number of esters is 1. The maximum atomic E-state index is 12.5. The second-order valence-corrected chi connectivity index (χ2v) is 5.44. The normalized spacial score (nSPS) is 10.3. The second kappa shape index (κ2) is 7.45. The van der Waals surface area contributed by atoms with Gasteiger partial charge in [0.15, 0.2) is 5.82 Å². The van der Waals surface area contributed by atoms with Gasteiger partial charge in [-0.1, -0.05) is 24.3 Å². The molecule has 0 bridgehead atoms. The Balaban J connectivity index is 1.94. The number of carbonyl (C=O) groups is 1. The molecule has 0 fully saturated rings. The van der Waals surface area contributed by atoms with Crippen LogP contribution in [0.1, 0.15) is 16.2 Å². The standard InChI is InChI=1S/C18H12N4O5/c19-9-10-21-16(20-14-7-3-1-5-12(14)17(21)23)11-27-18(24)13-6-2-4-8-15(13)22(25)26/h1-8H,10-11H2. The molecule has 1 aromatic heterocycles. The van der Waals surface area contributed by atoms with Crippen LogP contribution >= 0.6 is 0 Å². The lowest BCUT2D eigenvalue weighted by Gasteiger charge is -2.11. The third kappa shape index (κ3) is 3.50. The Morgan fingerprint density at radius 3 is 2.67 bits per heavy atom. The number of hydrogen-bond acceptors (Lipinski definition) is 7. The molecule has 3 aromatic rings. The zero-order valence-electron chi connectivity index (χ0n) is 13.9. The monoisotopic (exact) mass is 364 g/mol. The molecule has 0 saturated heterocycles. The second-order valence-electron chi connectivity index (χ2n) is 5.44. The van der Waals surface area contributed by atoms with E-state index in [9.17, 15) is 19.7 Å². The average Bonchev–Trinajstić information content (AvgIpc) is 2.68. The first-order chi connectivity index (χ1) is 13.0. The number of carbonyl (C=O) groups excluding carboxylic acids is 1. The van der Waals surface area contributed by atoms with Crippen molar-refractivity contribution in [2.75, 3.05) is 0 Å². The number of nitriles is 1. The van der Waals surface area contributed by atoms with E-state index in [-0.39, 0.29) is 23.6 Å². The Labute approximate surface area is 152 Å². The number of nitrogens with zero attached hydrogens (tertiary/aromatic N) is 4. The molecule has 0 aliphatic carbocycles. The van der Waals surface area contributed by atoms with Gasteiger partial charge in [0.25, 0.3) is 11.2 Å². The van der Waals surface area contributed by atoms with Gasteiger partial charge in [-0.3, -0.25) is 19.5 Å². The molecule has 0 atom stereocenters. The van der Waals surface area contributed by atoms with Crippen molar-refractivity contribution < 1.29 is 14.5 Å². The molecule has 0 amide bonds. The zero-order valence-corrected chi connectivity index (χ0v) is 13.9. The number of hydrogen-bond donors (Lipinski definition) is 0. The Bertz CT molecular complexity index is 1150. The molecule has 9 heteroatoms. The summed E-state index contributed by atoms with van der Waals surface area (Å²) in [6, 6.07) is 13.8. The molecule has 3 rings (SSSR count). The van der Waals surface area contributed by atoms with E-state index in [1.807, 2.05) is 6.07 Å². The van der Waals surface area contributed by atoms with Crippen LogP contribution in [0, 0.1) is 21.4 Å². The number of rotatable bonds is 5. The highest BCUT2D eigenvalue weighted by atomic mass is 16.6. The van der Waals surface area contributed by atoms with E-state index in [1.54, 1.807) is 24.3 Å². The molecule has 0 radical (unpaired) electrons. The fraction of sp³-hybridized carbons (Fsp3) is 0.111. The first kappa shape index (κ1) is 17.8. The van der Waals surface area contributed by atoms with E-state index in [0.717, 1.165) is 4.57 Å². The molecule has 134 valence electrons. The van der Waals surface area contributed by atoms with Crippen molar-refractivity contribution in [3.05, 3.63) is 80.4 Å². The van der Waals surface area contributed by atoms with Crippen LogP contribution in [0.15, 0.2) is 53.3 Å². The molecule has 0 N–H and O–H groups in total. The first-order valence-electron chi connectivity index (χ1n) is 7.79. The quantitative estimate of drug-likeness (QED) is 0.385. The number of fused-ring (bicyclic) bond motifs is 1. The van der Waals surface area contributed by atoms with E-state index in [4.69, 9.17) is 10.00 Å². The summed E-state index contributed by atoms with van der Waals surface area (Å²) in [5.41, 5.74) is -0.631. The van der Waals surface area contributed by atoms with Crippen LogP contribution in [0.3, 0.4) is 0 Å². The van der Waals surface area contributed by atoms with E-state index in [1.165, 1.54) is 24.3 Å². The molecule has 1 heterocycles. The Kier molecular flexibility index (Phi) is 4.90. The average molecular weight is 364 g/mol. The summed E-state index contributed by atoms with van der Waals surface area (Å²) in [7, 11) is 0. The lowest BCUT2D eigenvalue weighted by molar-refractivity contribution is -0.385. The van der Waals surface area contributed by atoms with Gasteiger partial charge in [0.1, 0.15) is 18.7 Å². The Morgan fingerprint density at radius 1 is 1.22 bits per heavy atom. The smallest absolute Gasteiger partial charge is 0.345 e. The summed E-state index contributed by atoms with van der Waals surface area (Å²) in [6.07, 6.45) is 0. The topological polar surface area (TPSA) is 128 Å². The van der Waals surface area contributed by atoms with Crippen molar-refractivity contribution in [1.82, 2.24) is 9.55 Å². The number of para-hydroxylation sites is 2. The maximum Gasteiger partial charge on any atom is 0.345 e. The van der Waals surface area contributed by atoms with Crippen LogP contribution in [0.2, 0.25) is 0 Å². The number of ether oxygens (including phenoxy) is 1. The van der Waals surface area contributed by atoms with Crippen LogP contribution in [0.25, 0.3) is 10.9 Å². The summed E-state index contributed by atoms with van der Waals surface area (Å²) in [5.74, 6) is -0.847. The molecular weight excluding hydrogens is 352 g/mol. The molecule has 0 aliphatic rings. The van der Waals surface area contributed by atoms with E-state index < -0.39 is 23.1 Å². The van der Waals surface area contributed by atoms with E-state index >= 15 is 0 Å². The van der Waals surface area contributed by atoms with Crippen LogP contribution < -0.4 is 5.56 Å². The molecule has 0 aliphatic heterocycles. The largest absolute Gasteiger partial charge is 0.454 e. The number of aromatic nitrogens is 2. The van der Waals surface area contributed by atoms with Crippen LogP contribution in [-0.4, -0.2) is 20.4 Å². The highest BCUT2D eigenvalue weighted by molar-refractivity contribution is 5.93. The van der Waals surface area contributed by atoms with Gasteiger partial charge in [0, 0.05) is 6.07 Å². The predicted molar refractivity (Wildman–Crippen MR) is 93.8 cm³/mol. The minimum Gasteiger partial charge on any atom is -0.454 e. The van der Waals surface area contributed by atoms with Crippen molar-refractivity contribution >= 4 is 22.6 Å². The van der Waals surface area contributed by atoms with Crippen molar-refractivity contribution in [3.63, 3.8) is 0 Å². The van der Waals surface area contributed by atoms with Crippen molar-refractivity contribution in [2.45, 2.75) is 13.2 Å². The van der Waals surface area contributed by atoms with Crippen LogP contribution in [-0.2, 0) is 17.9 Å². The SMILES string of the molecule is N#CCn1c(COC(=O)c2ccccc2[N+](=O)[O-])nc2ccccc2c1=O. The number of nitro benzene ring substituents is 1. The minimum atomic E-state index is -0.923. The van der Waals surface area contributed by atoms with Gasteiger partial charge in [-0.15, -0.1) is 0 Å². The van der Waals surface area contributed by atoms with Crippen molar-refractivity contribution in [2.24, 2.45) is 0 Å². The summed E-state index contributed by atoms with van der Waals surface area (Å²) in [4.78, 5) is 39.4. The maximum absolute atomic E-state index is 12.5. The lowest BCUT2D eigenvalue weighted by Crippen LogP contribution is -2.26. The van der Waals surface area contributed by atoms with E-state index in [2.05, 4.69) is 4.98 Å². The van der Waals surface area contributed by atoms with E-state index in [0.29, 0.717) is 10.9 Å². The fourth-order valence-corrected chi connectivity index (χ4v) is 2.57. The van der Waals surface area contributed by atoms with Gasteiger partial charge >= 0.3 is 5.97 Å². The highest BCUT2D eigenvalue weighted by Crippen LogP contribution is 2.19. The Hall–Kier alpha value is -4.06. The fourth-order valence-electron chi connectivity index (χ4n) is 2.57. The Morgan fingerprint density at radius 2 is 1.93 bits per heavy atom. The molecule has 2 aromatic carbocycles. The molecule has 0 saturated carbocycles. The zero-order chi connectivity index (χ0) is 19.4. The van der Waals surface area contributed by atoms with Gasteiger partial charge in [-0.2, -0.15) is 5.26 Å². The van der Waals surface area contributed by atoms with Gasteiger partial charge in [0.05, 0.1) is 21.9 Å². The van der Waals surface area contributed by atoms with Gasteiger partial charge in [-0.25, -0.2) is 9.78 Å². The third-order valence-corrected chi connectivity index (χ3v) is 3.82. The van der Waals surface area contributed by atoms with Crippen molar-refractivity contribution in [3.8, 4) is 6.07 Å². The first-order valence-corrected chi connectivity index (χ1v) is 7.79. The summed E-state index contributed by atoms with van der Waals surface area (Å²) < 4.78 is 6.23. The summed E-state index contributed by atoms with van der Waals surface area (Å²) >= 11 is 0. The lowest BCUT2D eigenvalue weighted by atomic mass is 10.2. The molecule has 0 spiro atoms. The highest BCUT2D eigenvalue weighted by Gasteiger charge is 2.21. The molecular formula is C18H12N4O5. The number of nitro groups is 1. The van der Waals surface area contributed by atoms with Crippen molar-refractivity contribution in [1.29, 1.82) is 5.26 Å². The van der Waals surface area contributed by atoms with Crippen LogP contribution in [0.4, 0.5) is 5.69 Å². The summed E-state index contributed by atoms with van der Waals surface area (Å²) in [6.45, 7) is -0.679. The van der Waals surface area contributed by atoms with Gasteiger partial charge in [-0.05, 0) is 18.2 Å². The third-order valence-electron chi connectivity index (χ3n) is 3.82. The predicted octanol–water partition coefficient (Wildman–Crippen LogP) is 2.19. The molecule has 9 nitrogen and oxygen atoms in total. The minimum absolute atomic E-state index is 0.0761. The summed E-state index contributed by atoms with van der Waals surface area (Å²) in [5, 5.41) is 20.3. The van der Waals surface area contributed by atoms with Gasteiger partial charge < -0.3 is 4.74 Å². The number of benzene rings is 2.